The Kier molecular flexibility index (Phi) is 5.77. The quantitative estimate of drug-likeness (QED) is 0.528. The molecule has 0 aliphatic heterocycles. The smallest absolute Gasteiger partial charge is 0.267 e. The molecule has 0 fully saturated rings. The van der Waals surface area contributed by atoms with Crippen LogP contribution in [0.5, 0.6) is 0 Å². The van der Waals surface area contributed by atoms with Crippen molar-refractivity contribution in [2.75, 3.05) is 5.75 Å². The molecule has 0 bridgehead atoms. The van der Waals surface area contributed by atoms with Crippen LogP contribution in [0.4, 0.5) is 22.0 Å². The zero-order valence-electron chi connectivity index (χ0n) is 16.2. The highest BCUT2D eigenvalue weighted by Crippen LogP contribution is 2.44. The molecule has 13 heteroatoms. The van der Waals surface area contributed by atoms with E-state index in [1.807, 2.05) is 6.07 Å². The number of hydrogen-bond donors (Lipinski definition) is 0. The van der Waals surface area contributed by atoms with Crippen LogP contribution < -0.4 is 5.56 Å². The molecule has 2 heterocycles. The van der Waals surface area contributed by atoms with Crippen LogP contribution in [0.2, 0.25) is 0 Å². The minimum atomic E-state index is -5.88. The fraction of sp³-hybridized carbons (Fsp3) is 0.263. The number of benzene rings is 1. The topological polar surface area (TPSA) is 106 Å². The molecule has 0 aliphatic carbocycles. The molecule has 32 heavy (non-hydrogen) atoms. The van der Waals surface area contributed by atoms with Crippen LogP contribution in [-0.4, -0.2) is 35.1 Å². The molecular formula is C19H13F5N4O3S. The second-order valence-electron chi connectivity index (χ2n) is 6.64. The Balaban J connectivity index is 2.31. The first-order chi connectivity index (χ1) is 14.8. The van der Waals surface area contributed by atoms with Crippen molar-refractivity contribution in [3.8, 4) is 11.9 Å². The lowest BCUT2D eigenvalue weighted by Gasteiger charge is -2.20. The molecule has 0 atom stereocenters. The van der Waals surface area contributed by atoms with E-state index in [1.54, 1.807) is 0 Å². The Morgan fingerprint density at radius 2 is 1.81 bits per heavy atom. The van der Waals surface area contributed by atoms with Crippen LogP contribution in [0, 0.1) is 11.3 Å². The zero-order chi connectivity index (χ0) is 23.9. The Labute approximate surface area is 177 Å². The van der Waals surface area contributed by atoms with E-state index in [9.17, 15) is 35.2 Å². The number of hydrogen-bond acceptors (Lipinski definition) is 6. The number of alkyl halides is 5. The van der Waals surface area contributed by atoms with Crippen LogP contribution in [0.1, 0.15) is 18.1 Å². The van der Waals surface area contributed by atoms with E-state index in [0.717, 1.165) is 24.5 Å². The predicted octanol–water partition coefficient (Wildman–Crippen LogP) is 3.29. The van der Waals surface area contributed by atoms with Crippen LogP contribution in [0.25, 0.3) is 16.6 Å². The van der Waals surface area contributed by atoms with Crippen molar-refractivity contribution in [3.05, 3.63) is 58.1 Å². The summed E-state index contributed by atoms with van der Waals surface area (Å²) in [4.78, 5) is 16.4. The van der Waals surface area contributed by atoms with Gasteiger partial charge in [0.2, 0.25) is 0 Å². The largest absolute Gasteiger partial charge is 0.458 e. The van der Waals surface area contributed by atoms with Crippen molar-refractivity contribution >= 4 is 20.6 Å². The number of aromatic nitrogens is 3. The fourth-order valence-electron chi connectivity index (χ4n) is 2.86. The molecule has 7 nitrogen and oxygen atoms in total. The van der Waals surface area contributed by atoms with Crippen LogP contribution >= 0.6 is 0 Å². The van der Waals surface area contributed by atoms with Gasteiger partial charge < -0.3 is 0 Å². The maximum Gasteiger partial charge on any atom is 0.458 e. The first-order valence-electron chi connectivity index (χ1n) is 8.89. The van der Waals surface area contributed by atoms with Gasteiger partial charge in [0.15, 0.2) is 15.7 Å². The molecule has 0 unspecified atom stereocenters. The Morgan fingerprint density at radius 1 is 1.12 bits per heavy atom. The van der Waals surface area contributed by atoms with E-state index in [0.29, 0.717) is 16.8 Å². The summed E-state index contributed by atoms with van der Waals surface area (Å²) in [5, 5.41) is 12.1. The fourth-order valence-corrected chi connectivity index (χ4v) is 3.92. The molecule has 3 rings (SSSR count). The predicted molar refractivity (Wildman–Crippen MR) is 102 cm³/mol. The van der Waals surface area contributed by atoms with E-state index in [-0.39, 0.29) is 23.1 Å². The summed E-state index contributed by atoms with van der Waals surface area (Å²) in [6.45, 7) is 1.33. The lowest BCUT2D eigenvalue weighted by Crippen LogP contribution is -2.34. The molecule has 0 aliphatic rings. The Morgan fingerprint density at radius 3 is 2.41 bits per heavy atom. The molecule has 0 spiro atoms. The first kappa shape index (κ1) is 23.3. The number of halogens is 5. The third kappa shape index (κ3) is 3.93. The third-order valence-corrected chi connectivity index (χ3v) is 6.33. The standard InChI is InChI=1S/C19H13F5N4O3S/c1-2-32(30,31)15-7-11(5-6-25)9-26-16(15)28-17(29)14-8-13(4-3-12(14)10-27-28)18(20,21)19(22,23)24/h3-4,7-10H,2,5H2,1H3. The average Bonchev–Trinajstić information content (AvgIpc) is 2.73. The molecule has 1 aromatic carbocycles. The van der Waals surface area contributed by atoms with Crippen LogP contribution in [0.15, 0.2) is 46.3 Å². The van der Waals surface area contributed by atoms with Crippen LogP contribution in [-0.2, 0) is 22.2 Å². The molecule has 168 valence electrons. The van der Waals surface area contributed by atoms with Gasteiger partial charge in [-0.05, 0) is 17.7 Å². The molecule has 0 amide bonds. The SMILES string of the molecule is CCS(=O)(=O)c1cc(CC#N)cnc1-n1ncc2ccc(C(F)(F)C(F)(F)F)cc2c1=O. The molecular weight excluding hydrogens is 459 g/mol. The normalized spacial score (nSPS) is 12.7. The number of sulfone groups is 1. The van der Waals surface area contributed by atoms with Gasteiger partial charge in [-0.25, -0.2) is 13.4 Å². The van der Waals surface area contributed by atoms with Gasteiger partial charge in [0.05, 0.1) is 29.8 Å². The first-order valence-corrected chi connectivity index (χ1v) is 10.5. The van der Waals surface area contributed by atoms with E-state index in [2.05, 4.69) is 10.1 Å². The van der Waals surface area contributed by atoms with Gasteiger partial charge in [0.25, 0.3) is 5.56 Å². The highest BCUT2D eigenvalue weighted by atomic mass is 32.2. The minimum absolute atomic E-state index is 0.0334. The second kappa shape index (κ2) is 7.94. The van der Waals surface area contributed by atoms with Gasteiger partial charge in [0, 0.05) is 17.1 Å². The number of nitrogens with zero attached hydrogens (tertiary/aromatic N) is 4. The van der Waals surface area contributed by atoms with Crippen molar-refractivity contribution in [3.63, 3.8) is 0 Å². The summed E-state index contributed by atoms with van der Waals surface area (Å²) in [6, 6.07) is 4.77. The summed E-state index contributed by atoms with van der Waals surface area (Å²) in [5.74, 6) is -6.06. The highest BCUT2D eigenvalue weighted by molar-refractivity contribution is 7.91. The molecule has 0 radical (unpaired) electrons. The maximum absolute atomic E-state index is 13.8. The van der Waals surface area contributed by atoms with Gasteiger partial charge in [-0.1, -0.05) is 19.1 Å². The number of nitriles is 1. The molecule has 0 N–H and O–H groups in total. The monoisotopic (exact) mass is 472 g/mol. The summed E-state index contributed by atoms with van der Waals surface area (Å²) in [5.41, 5.74) is -2.36. The van der Waals surface area contributed by atoms with Gasteiger partial charge in [-0.2, -0.15) is 37.0 Å². The molecule has 3 aromatic rings. The van der Waals surface area contributed by atoms with Crippen LogP contribution in [0.3, 0.4) is 0 Å². The summed E-state index contributed by atoms with van der Waals surface area (Å²) in [7, 11) is -3.98. The maximum atomic E-state index is 13.8. The lowest BCUT2D eigenvalue weighted by atomic mass is 10.0. The van der Waals surface area contributed by atoms with E-state index < -0.39 is 49.2 Å². The van der Waals surface area contributed by atoms with Gasteiger partial charge in [0.1, 0.15) is 4.90 Å². The average molecular weight is 472 g/mol. The summed E-state index contributed by atoms with van der Waals surface area (Å²) in [6.07, 6.45) is -3.90. The molecule has 2 aromatic heterocycles. The van der Waals surface area contributed by atoms with Gasteiger partial charge >= 0.3 is 12.1 Å². The lowest BCUT2D eigenvalue weighted by molar-refractivity contribution is -0.289. The van der Waals surface area contributed by atoms with Crippen molar-refractivity contribution in [2.45, 2.75) is 30.3 Å². The van der Waals surface area contributed by atoms with Crippen molar-refractivity contribution in [1.29, 1.82) is 5.26 Å². The van der Waals surface area contributed by atoms with Gasteiger partial charge in [-0.3, -0.25) is 4.79 Å². The van der Waals surface area contributed by atoms with E-state index >= 15 is 0 Å². The zero-order valence-corrected chi connectivity index (χ0v) is 17.0. The molecule has 0 saturated heterocycles. The third-order valence-electron chi connectivity index (χ3n) is 4.60. The second-order valence-corrected chi connectivity index (χ2v) is 8.89. The number of fused-ring (bicyclic) bond motifs is 1. The van der Waals surface area contributed by atoms with Crippen molar-refractivity contribution in [1.82, 2.24) is 14.8 Å². The number of rotatable bonds is 5. The van der Waals surface area contributed by atoms with Gasteiger partial charge in [-0.15, -0.1) is 0 Å². The number of pyridine rings is 1. The van der Waals surface area contributed by atoms with E-state index in [1.165, 1.54) is 6.92 Å². The Bertz CT molecular complexity index is 1410. The summed E-state index contributed by atoms with van der Waals surface area (Å²) >= 11 is 0. The molecule has 0 saturated carbocycles. The van der Waals surface area contributed by atoms with Crippen molar-refractivity contribution in [2.24, 2.45) is 0 Å². The Hall–Kier alpha value is -3.40. The minimum Gasteiger partial charge on any atom is -0.267 e. The summed E-state index contributed by atoms with van der Waals surface area (Å²) < 4.78 is 91.3. The van der Waals surface area contributed by atoms with E-state index in [4.69, 9.17) is 5.26 Å². The van der Waals surface area contributed by atoms with Crippen molar-refractivity contribution < 1.29 is 30.4 Å². The highest BCUT2D eigenvalue weighted by Gasteiger charge is 2.58.